The van der Waals surface area contributed by atoms with Gasteiger partial charge in [0.1, 0.15) is 4.88 Å². The van der Waals surface area contributed by atoms with Gasteiger partial charge >= 0.3 is 5.97 Å². The number of amides is 1. The average Bonchev–Trinajstić information content (AvgIpc) is 3.35. The van der Waals surface area contributed by atoms with E-state index in [1.54, 1.807) is 11.4 Å². The van der Waals surface area contributed by atoms with Crippen molar-refractivity contribution < 1.29 is 18.8 Å². The predicted molar refractivity (Wildman–Crippen MR) is 94.8 cm³/mol. The Hall–Kier alpha value is -2.52. The summed E-state index contributed by atoms with van der Waals surface area (Å²) in [6, 6.07) is 5.53. The molecule has 0 aliphatic rings. The number of hydrogen-bond acceptors (Lipinski definition) is 8. The Kier molecular flexibility index (Phi) is 5.56. The molecule has 3 aromatic heterocycles. The van der Waals surface area contributed by atoms with Crippen molar-refractivity contribution in [3.05, 3.63) is 39.7 Å². The molecule has 25 heavy (non-hydrogen) atoms. The van der Waals surface area contributed by atoms with Crippen LogP contribution in [0.2, 0.25) is 0 Å². The Bertz CT molecular complexity index is 855. The van der Waals surface area contributed by atoms with Gasteiger partial charge in [-0.1, -0.05) is 11.2 Å². The average molecular weight is 377 g/mol. The molecule has 0 atom stereocenters. The molecule has 0 aliphatic carbocycles. The molecule has 3 heterocycles. The van der Waals surface area contributed by atoms with Gasteiger partial charge in [0.05, 0.1) is 17.7 Å². The lowest BCUT2D eigenvalue weighted by Gasteiger charge is -2.04. The van der Waals surface area contributed by atoms with E-state index in [2.05, 4.69) is 20.2 Å². The highest BCUT2D eigenvalue weighted by Crippen LogP contribution is 2.24. The number of aryl methyl sites for hydroxylation is 1. The summed E-state index contributed by atoms with van der Waals surface area (Å²) in [5.74, 6) is 0.427. The number of carbonyl (C=O) groups excluding carboxylic acids is 2. The minimum Gasteiger partial charge on any atom is -0.465 e. The summed E-state index contributed by atoms with van der Waals surface area (Å²) in [5.41, 5.74) is 0.472. The Morgan fingerprint density at radius 2 is 2.16 bits per heavy atom. The number of nitrogens with zero attached hydrogens (tertiary/aromatic N) is 2. The standard InChI is InChI=1S/C16H15N3O4S2/c1-22-16(21)14-10(7-9-25-14)17-12(20)5-2-6-13-18-15(19-23-13)11-4-3-8-24-11/h3-4,7-9H,2,5-6H2,1H3,(H,17,20). The van der Waals surface area contributed by atoms with Gasteiger partial charge in [-0.05, 0) is 29.3 Å². The fourth-order valence-corrected chi connectivity index (χ4v) is 3.55. The summed E-state index contributed by atoms with van der Waals surface area (Å²) < 4.78 is 9.88. The minimum atomic E-state index is -0.461. The van der Waals surface area contributed by atoms with E-state index in [9.17, 15) is 9.59 Å². The maximum absolute atomic E-state index is 12.0. The number of rotatable bonds is 7. The van der Waals surface area contributed by atoms with Crippen molar-refractivity contribution in [2.24, 2.45) is 0 Å². The van der Waals surface area contributed by atoms with Crippen molar-refractivity contribution in [1.82, 2.24) is 10.1 Å². The molecule has 0 radical (unpaired) electrons. The van der Waals surface area contributed by atoms with Crippen molar-refractivity contribution in [3.63, 3.8) is 0 Å². The number of anilines is 1. The number of aromatic nitrogens is 2. The first-order valence-electron chi connectivity index (χ1n) is 7.49. The molecule has 3 rings (SSSR count). The van der Waals surface area contributed by atoms with Gasteiger partial charge in [0.25, 0.3) is 0 Å². The van der Waals surface area contributed by atoms with E-state index < -0.39 is 5.97 Å². The maximum Gasteiger partial charge on any atom is 0.350 e. The lowest BCUT2D eigenvalue weighted by molar-refractivity contribution is -0.116. The number of esters is 1. The molecule has 0 saturated heterocycles. The van der Waals surface area contributed by atoms with Crippen LogP contribution in [-0.4, -0.2) is 29.1 Å². The third-order valence-corrected chi connectivity index (χ3v) is 5.07. The highest BCUT2D eigenvalue weighted by atomic mass is 32.1. The van der Waals surface area contributed by atoms with E-state index in [-0.39, 0.29) is 12.3 Å². The van der Waals surface area contributed by atoms with Crippen molar-refractivity contribution in [2.45, 2.75) is 19.3 Å². The molecule has 0 spiro atoms. The molecule has 0 aromatic carbocycles. The number of nitrogens with one attached hydrogen (secondary N) is 1. The van der Waals surface area contributed by atoms with Crippen LogP contribution in [0.1, 0.15) is 28.4 Å². The van der Waals surface area contributed by atoms with E-state index in [0.29, 0.717) is 35.1 Å². The summed E-state index contributed by atoms with van der Waals surface area (Å²) in [4.78, 5) is 29.3. The molecule has 0 unspecified atom stereocenters. The van der Waals surface area contributed by atoms with Gasteiger partial charge in [-0.15, -0.1) is 22.7 Å². The first-order chi connectivity index (χ1) is 12.2. The Morgan fingerprint density at radius 3 is 2.92 bits per heavy atom. The first-order valence-corrected chi connectivity index (χ1v) is 9.25. The second-order valence-electron chi connectivity index (χ2n) is 5.05. The third-order valence-electron chi connectivity index (χ3n) is 3.31. The molecule has 0 bridgehead atoms. The molecule has 9 heteroatoms. The van der Waals surface area contributed by atoms with Gasteiger partial charge < -0.3 is 14.6 Å². The normalized spacial score (nSPS) is 10.6. The fraction of sp³-hybridized carbons (Fsp3) is 0.250. The third kappa shape index (κ3) is 4.31. The Balaban J connectivity index is 1.49. The lowest BCUT2D eigenvalue weighted by Crippen LogP contribution is -2.13. The van der Waals surface area contributed by atoms with Crippen molar-refractivity contribution >= 4 is 40.2 Å². The zero-order chi connectivity index (χ0) is 17.6. The Morgan fingerprint density at radius 1 is 1.28 bits per heavy atom. The number of carbonyl (C=O) groups is 2. The van der Waals surface area contributed by atoms with Gasteiger partial charge in [0, 0.05) is 12.8 Å². The lowest BCUT2D eigenvalue weighted by atomic mass is 10.2. The number of methoxy groups -OCH3 is 1. The second-order valence-corrected chi connectivity index (χ2v) is 6.91. The van der Waals surface area contributed by atoms with Crippen LogP contribution < -0.4 is 5.32 Å². The van der Waals surface area contributed by atoms with E-state index in [1.165, 1.54) is 29.8 Å². The molecule has 1 amide bonds. The largest absolute Gasteiger partial charge is 0.465 e. The van der Waals surface area contributed by atoms with E-state index in [0.717, 1.165) is 4.88 Å². The van der Waals surface area contributed by atoms with Crippen molar-refractivity contribution in [2.75, 3.05) is 12.4 Å². The topological polar surface area (TPSA) is 94.3 Å². The minimum absolute atomic E-state index is 0.179. The van der Waals surface area contributed by atoms with Crippen LogP contribution in [0, 0.1) is 0 Å². The maximum atomic E-state index is 12.0. The molecule has 0 fully saturated rings. The quantitative estimate of drug-likeness (QED) is 0.632. The summed E-state index contributed by atoms with van der Waals surface area (Å²) in [6.45, 7) is 0. The molecule has 1 N–H and O–H groups in total. The first kappa shape index (κ1) is 17.3. The van der Waals surface area contributed by atoms with Gasteiger partial charge in [-0.25, -0.2) is 4.79 Å². The van der Waals surface area contributed by atoms with Gasteiger partial charge in [-0.2, -0.15) is 4.98 Å². The Labute approximate surface area is 151 Å². The smallest absolute Gasteiger partial charge is 0.350 e. The summed E-state index contributed by atoms with van der Waals surface area (Å²) >= 11 is 2.76. The second kappa shape index (κ2) is 8.04. The van der Waals surface area contributed by atoms with Crippen LogP contribution in [0.25, 0.3) is 10.7 Å². The van der Waals surface area contributed by atoms with Gasteiger partial charge in [0.2, 0.25) is 17.6 Å². The molecule has 7 nitrogen and oxygen atoms in total. The molecular weight excluding hydrogens is 362 g/mol. The van der Waals surface area contributed by atoms with Gasteiger partial charge in [-0.3, -0.25) is 4.79 Å². The number of thiophene rings is 2. The highest BCUT2D eigenvalue weighted by Gasteiger charge is 2.16. The molecule has 130 valence electrons. The number of ether oxygens (including phenoxy) is 1. The van der Waals surface area contributed by atoms with Crippen LogP contribution >= 0.6 is 22.7 Å². The molecule has 0 saturated carbocycles. The SMILES string of the molecule is COC(=O)c1sccc1NC(=O)CCCc1nc(-c2cccs2)no1. The van der Waals surface area contributed by atoms with E-state index in [4.69, 9.17) is 4.52 Å². The van der Waals surface area contributed by atoms with Crippen LogP contribution in [0.15, 0.2) is 33.5 Å². The van der Waals surface area contributed by atoms with Crippen LogP contribution in [0.5, 0.6) is 0 Å². The number of hydrogen-bond donors (Lipinski definition) is 1. The zero-order valence-electron chi connectivity index (χ0n) is 13.4. The van der Waals surface area contributed by atoms with Crippen LogP contribution in [0.4, 0.5) is 5.69 Å². The summed E-state index contributed by atoms with van der Waals surface area (Å²) in [7, 11) is 1.31. The highest BCUT2D eigenvalue weighted by molar-refractivity contribution is 7.13. The van der Waals surface area contributed by atoms with E-state index >= 15 is 0 Å². The monoisotopic (exact) mass is 377 g/mol. The summed E-state index contributed by atoms with van der Waals surface area (Å²) in [5, 5.41) is 10.3. The van der Waals surface area contributed by atoms with Gasteiger partial charge in [0.15, 0.2) is 0 Å². The van der Waals surface area contributed by atoms with E-state index in [1.807, 2.05) is 17.5 Å². The molecule has 3 aromatic rings. The van der Waals surface area contributed by atoms with Crippen molar-refractivity contribution in [1.29, 1.82) is 0 Å². The fourth-order valence-electron chi connectivity index (χ4n) is 2.13. The molecule has 0 aliphatic heterocycles. The van der Waals surface area contributed by atoms with Crippen molar-refractivity contribution in [3.8, 4) is 10.7 Å². The predicted octanol–water partition coefficient (Wildman–Crippen LogP) is 3.61. The summed E-state index contributed by atoms with van der Waals surface area (Å²) in [6.07, 6.45) is 1.36. The van der Waals surface area contributed by atoms with Crippen LogP contribution in [0.3, 0.4) is 0 Å². The zero-order valence-corrected chi connectivity index (χ0v) is 15.0. The van der Waals surface area contributed by atoms with Crippen LogP contribution in [-0.2, 0) is 16.0 Å². The molecular formula is C16H15N3O4S2.